The summed E-state index contributed by atoms with van der Waals surface area (Å²) in [6.07, 6.45) is -6.69. The van der Waals surface area contributed by atoms with Gasteiger partial charge in [0.05, 0.1) is 6.10 Å². The Hall–Kier alpha value is -1.02. The topological polar surface area (TPSA) is 127 Å². The van der Waals surface area contributed by atoms with Crippen molar-refractivity contribution in [3.63, 3.8) is 0 Å². The van der Waals surface area contributed by atoms with Crippen molar-refractivity contribution in [1.29, 1.82) is 0 Å². The molecule has 0 aliphatic rings. The first kappa shape index (κ1) is 14.0. The SMILES string of the molecule is CC(=O)NC[C@@H](O)[C@@H](O)[C@H](O)[C@@H](O)C=O. The van der Waals surface area contributed by atoms with Crippen LogP contribution >= 0.6 is 0 Å². The molecule has 0 radical (unpaired) electrons. The molecule has 0 saturated heterocycles. The van der Waals surface area contributed by atoms with E-state index in [0.717, 1.165) is 0 Å². The number of nitrogens with one attached hydrogen (secondary N) is 1. The molecule has 0 rings (SSSR count). The molecule has 0 aromatic carbocycles. The van der Waals surface area contributed by atoms with E-state index < -0.39 is 30.3 Å². The van der Waals surface area contributed by atoms with Crippen molar-refractivity contribution in [2.24, 2.45) is 0 Å². The van der Waals surface area contributed by atoms with Gasteiger partial charge in [-0.15, -0.1) is 0 Å². The van der Waals surface area contributed by atoms with E-state index in [9.17, 15) is 19.8 Å². The first-order chi connectivity index (χ1) is 6.90. The average Bonchev–Trinajstić information content (AvgIpc) is 2.22. The second-order valence-electron chi connectivity index (χ2n) is 3.11. The van der Waals surface area contributed by atoms with E-state index in [1.54, 1.807) is 0 Å². The summed E-state index contributed by atoms with van der Waals surface area (Å²) in [5.41, 5.74) is 0. The van der Waals surface area contributed by atoms with Crippen LogP contribution in [-0.2, 0) is 9.59 Å². The molecule has 0 fully saturated rings. The van der Waals surface area contributed by atoms with Crippen LogP contribution in [0.4, 0.5) is 0 Å². The number of aldehydes is 1. The van der Waals surface area contributed by atoms with Crippen LogP contribution < -0.4 is 5.32 Å². The number of amides is 1. The van der Waals surface area contributed by atoms with Crippen molar-refractivity contribution in [2.45, 2.75) is 31.3 Å². The van der Waals surface area contributed by atoms with Crippen LogP contribution in [0.3, 0.4) is 0 Å². The Balaban J connectivity index is 4.11. The average molecular weight is 221 g/mol. The van der Waals surface area contributed by atoms with Gasteiger partial charge in [0.15, 0.2) is 6.29 Å². The van der Waals surface area contributed by atoms with Gasteiger partial charge in [0.25, 0.3) is 0 Å². The van der Waals surface area contributed by atoms with Crippen molar-refractivity contribution in [2.75, 3.05) is 6.54 Å². The van der Waals surface area contributed by atoms with Crippen LogP contribution in [0.2, 0.25) is 0 Å². The number of aliphatic hydroxyl groups excluding tert-OH is 4. The minimum absolute atomic E-state index is 0.0407. The largest absolute Gasteiger partial charge is 0.388 e. The quantitative estimate of drug-likeness (QED) is 0.300. The fourth-order valence-electron chi connectivity index (χ4n) is 0.879. The summed E-state index contributed by atoms with van der Waals surface area (Å²) in [6, 6.07) is 0. The van der Waals surface area contributed by atoms with Crippen molar-refractivity contribution in [1.82, 2.24) is 5.32 Å². The minimum Gasteiger partial charge on any atom is -0.388 e. The highest BCUT2D eigenvalue weighted by Gasteiger charge is 2.29. The van der Waals surface area contributed by atoms with Crippen molar-refractivity contribution in [3.05, 3.63) is 0 Å². The highest BCUT2D eigenvalue weighted by molar-refractivity contribution is 5.72. The maximum Gasteiger partial charge on any atom is 0.216 e. The van der Waals surface area contributed by atoms with Gasteiger partial charge in [0, 0.05) is 13.5 Å². The molecule has 0 unspecified atom stereocenters. The second-order valence-corrected chi connectivity index (χ2v) is 3.11. The zero-order valence-electron chi connectivity index (χ0n) is 8.20. The zero-order valence-corrected chi connectivity index (χ0v) is 8.20. The summed E-state index contributed by atoms with van der Waals surface area (Å²) < 4.78 is 0. The summed E-state index contributed by atoms with van der Waals surface area (Å²) in [5.74, 6) is -0.410. The number of hydrogen-bond donors (Lipinski definition) is 5. The molecule has 5 N–H and O–H groups in total. The number of rotatable bonds is 6. The molecular formula is C8H15NO6. The van der Waals surface area contributed by atoms with Gasteiger partial charge in [-0.05, 0) is 0 Å². The predicted octanol–water partition coefficient (Wildman–Crippen LogP) is -3.24. The third-order valence-corrected chi connectivity index (χ3v) is 1.79. The van der Waals surface area contributed by atoms with E-state index in [1.165, 1.54) is 6.92 Å². The summed E-state index contributed by atoms with van der Waals surface area (Å²) in [5, 5.41) is 38.6. The van der Waals surface area contributed by atoms with E-state index in [-0.39, 0.29) is 12.8 Å². The third-order valence-electron chi connectivity index (χ3n) is 1.79. The molecule has 0 bridgehead atoms. The highest BCUT2D eigenvalue weighted by Crippen LogP contribution is 2.03. The molecule has 0 aliphatic carbocycles. The number of carbonyl (C=O) groups excluding carboxylic acids is 2. The van der Waals surface area contributed by atoms with Crippen LogP contribution in [0.5, 0.6) is 0 Å². The number of aliphatic hydroxyl groups is 4. The van der Waals surface area contributed by atoms with E-state index >= 15 is 0 Å². The first-order valence-corrected chi connectivity index (χ1v) is 4.32. The maximum atomic E-state index is 10.5. The van der Waals surface area contributed by atoms with Crippen molar-refractivity contribution >= 4 is 12.2 Å². The molecule has 0 heterocycles. The van der Waals surface area contributed by atoms with Crippen LogP contribution in [0.15, 0.2) is 0 Å². The normalized spacial score (nSPS) is 18.7. The number of carbonyl (C=O) groups is 2. The lowest BCUT2D eigenvalue weighted by atomic mass is 10.0. The van der Waals surface area contributed by atoms with Crippen LogP contribution in [0.1, 0.15) is 6.92 Å². The molecule has 0 aliphatic heterocycles. The molecule has 7 nitrogen and oxygen atoms in total. The lowest BCUT2D eigenvalue weighted by molar-refractivity contribution is -0.134. The zero-order chi connectivity index (χ0) is 12.0. The van der Waals surface area contributed by atoms with Gasteiger partial charge in [0.1, 0.15) is 18.3 Å². The lowest BCUT2D eigenvalue weighted by Crippen LogP contribution is -2.48. The molecule has 88 valence electrons. The Bertz CT molecular complexity index is 221. The van der Waals surface area contributed by atoms with Gasteiger partial charge in [-0.3, -0.25) is 4.79 Å². The monoisotopic (exact) mass is 221 g/mol. The Morgan fingerprint density at radius 1 is 1.27 bits per heavy atom. The third kappa shape index (κ3) is 4.84. The van der Waals surface area contributed by atoms with Crippen LogP contribution in [0.25, 0.3) is 0 Å². The van der Waals surface area contributed by atoms with Gasteiger partial charge >= 0.3 is 0 Å². The molecule has 1 amide bonds. The summed E-state index contributed by atoms with van der Waals surface area (Å²) >= 11 is 0. The minimum atomic E-state index is -1.79. The maximum absolute atomic E-state index is 10.5. The molecule has 7 heteroatoms. The van der Waals surface area contributed by atoms with Crippen molar-refractivity contribution < 1.29 is 30.0 Å². The number of hydrogen-bond acceptors (Lipinski definition) is 6. The standard InChI is InChI=1S/C8H15NO6/c1-4(11)9-2-5(12)7(14)8(15)6(13)3-10/h3,5-8,12-15H,2H2,1H3,(H,9,11)/t5-,6+,7-,8-/m1/s1. The molecular weight excluding hydrogens is 206 g/mol. The van der Waals surface area contributed by atoms with Gasteiger partial charge in [-0.2, -0.15) is 0 Å². The highest BCUT2D eigenvalue weighted by atomic mass is 16.4. The summed E-state index contributed by atoms with van der Waals surface area (Å²) in [7, 11) is 0. The molecule has 4 atom stereocenters. The fraction of sp³-hybridized carbons (Fsp3) is 0.750. The van der Waals surface area contributed by atoms with Gasteiger partial charge < -0.3 is 30.5 Å². The smallest absolute Gasteiger partial charge is 0.216 e. The molecule has 0 aromatic rings. The van der Waals surface area contributed by atoms with E-state index in [2.05, 4.69) is 5.32 Å². The van der Waals surface area contributed by atoms with Crippen LogP contribution in [-0.4, -0.2) is 63.6 Å². The van der Waals surface area contributed by atoms with E-state index in [4.69, 9.17) is 10.2 Å². The fourth-order valence-corrected chi connectivity index (χ4v) is 0.879. The Kier molecular flexibility index (Phi) is 6.02. The van der Waals surface area contributed by atoms with E-state index in [0.29, 0.717) is 0 Å². The Morgan fingerprint density at radius 3 is 2.20 bits per heavy atom. The lowest BCUT2D eigenvalue weighted by Gasteiger charge is -2.24. The van der Waals surface area contributed by atoms with Gasteiger partial charge in [-0.25, -0.2) is 0 Å². The van der Waals surface area contributed by atoms with Gasteiger partial charge in [-0.1, -0.05) is 0 Å². The Labute approximate surface area is 86.3 Å². The molecule has 0 aromatic heterocycles. The second kappa shape index (κ2) is 6.46. The first-order valence-electron chi connectivity index (χ1n) is 4.32. The van der Waals surface area contributed by atoms with E-state index in [1.807, 2.05) is 0 Å². The van der Waals surface area contributed by atoms with Crippen LogP contribution in [0, 0.1) is 0 Å². The summed E-state index contributed by atoms with van der Waals surface area (Å²) in [4.78, 5) is 20.5. The van der Waals surface area contributed by atoms with Crippen molar-refractivity contribution in [3.8, 4) is 0 Å². The summed E-state index contributed by atoms with van der Waals surface area (Å²) in [6.45, 7) is 0.939. The molecule has 0 saturated carbocycles. The molecule has 15 heavy (non-hydrogen) atoms. The predicted molar refractivity (Wildman–Crippen MR) is 48.8 cm³/mol. The van der Waals surface area contributed by atoms with Gasteiger partial charge in [0.2, 0.25) is 5.91 Å². The molecule has 0 spiro atoms. The Morgan fingerprint density at radius 2 is 1.80 bits per heavy atom.